The SMILES string of the molecule is C[C@H](CCC(=O)O)[C@H]1CC[C@H]2[C@@H]3C(=O)C[C@@H]4CC(=O)CC[C@]4(C)[C@H]3C[C@@H](O)[C@]12C. The molecule has 0 aromatic rings. The van der Waals surface area contributed by atoms with E-state index in [9.17, 15) is 19.5 Å². The van der Waals surface area contributed by atoms with Crippen molar-refractivity contribution in [1.29, 1.82) is 0 Å². The Bertz CT molecular complexity index is 716. The molecule has 0 aromatic carbocycles. The van der Waals surface area contributed by atoms with Gasteiger partial charge < -0.3 is 10.2 Å². The van der Waals surface area contributed by atoms with E-state index in [1.54, 1.807) is 0 Å². The van der Waals surface area contributed by atoms with Gasteiger partial charge >= 0.3 is 5.97 Å². The molecule has 29 heavy (non-hydrogen) atoms. The third kappa shape index (κ3) is 3.10. The van der Waals surface area contributed by atoms with Gasteiger partial charge in [0.1, 0.15) is 11.6 Å². The first kappa shape index (κ1) is 21.0. The van der Waals surface area contributed by atoms with Gasteiger partial charge in [0.05, 0.1) is 6.10 Å². The summed E-state index contributed by atoms with van der Waals surface area (Å²) in [7, 11) is 0. The summed E-state index contributed by atoms with van der Waals surface area (Å²) in [6.07, 6.45) is 5.38. The Morgan fingerprint density at radius 3 is 2.59 bits per heavy atom. The van der Waals surface area contributed by atoms with Crippen LogP contribution in [0.4, 0.5) is 0 Å². The van der Waals surface area contributed by atoms with E-state index >= 15 is 0 Å². The van der Waals surface area contributed by atoms with Crippen molar-refractivity contribution in [2.75, 3.05) is 0 Å². The molecule has 0 aromatic heterocycles. The van der Waals surface area contributed by atoms with Crippen molar-refractivity contribution < 1.29 is 24.6 Å². The van der Waals surface area contributed by atoms with E-state index in [1.807, 2.05) is 0 Å². The summed E-state index contributed by atoms with van der Waals surface area (Å²) in [5, 5.41) is 20.5. The number of carbonyl (C=O) groups excluding carboxylic acids is 2. The van der Waals surface area contributed by atoms with Crippen molar-refractivity contribution in [2.24, 2.45) is 46.3 Å². The number of aliphatic hydroxyl groups is 1. The second-order valence-corrected chi connectivity index (χ2v) is 11.1. The molecule has 0 saturated heterocycles. The van der Waals surface area contributed by atoms with E-state index in [2.05, 4.69) is 20.8 Å². The molecule has 4 fully saturated rings. The highest BCUT2D eigenvalue weighted by molar-refractivity contribution is 5.86. The number of Topliss-reactive ketones (excluding diaryl/α,β-unsaturated/α-hetero) is 2. The zero-order chi connectivity index (χ0) is 21.1. The topological polar surface area (TPSA) is 91.7 Å². The molecule has 0 bridgehead atoms. The molecule has 0 aliphatic heterocycles. The molecule has 0 spiro atoms. The molecule has 4 aliphatic carbocycles. The fraction of sp³-hybridized carbons (Fsp3) is 0.875. The maximum absolute atomic E-state index is 13.3. The normalized spacial score (nSPS) is 47.9. The van der Waals surface area contributed by atoms with Gasteiger partial charge in [-0.3, -0.25) is 14.4 Å². The molecule has 4 saturated carbocycles. The highest BCUT2D eigenvalue weighted by Gasteiger charge is 2.65. The summed E-state index contributed by atoms with van der Waals surface area (Å²) < 4.78 is 0. The van der Waals surface area contributed by atoms with Crippen LogP contribution in [0.1, 0.15) is 78.6 Å². The molecular weight excluding hydrogens is 368 g/mol. The minimum absolute atomic E-state index is 0.00507. The lowest BCUT2D eigenvalue weighted by Crippen LogP contribution is -2.61. The average Bonchev–Trinajstić information content (AvgIpc) is 3.01. The number of hydrogen-bond donors (Lipinski definition) is 2. The summed E-state index contributed by atoms with van der Waals surface area (Å²) in [4.78, 5) is 36.4. The predicted molar refractivity (Wildman–Crippen MR) is 108 cm³/mol. The molecule has 162 valence electrons. The van der Waals surface area contributed by atoms with Crippen LogP contribution in [-0.2, 0) is 14.4 Å². The van der Waals surface area contributed by atoms with Crippen LogP contribution in [0.3, 0.4) is 0 Å². The van der Waals surface area contributed by atoms with Crippen LogP contribution < -0.4 is 0 Å². The standard InChI is InChI=1S/C24H36O5/c1-13(4-7-21(28)29)16-5-6-17-22-18(12-20(27)24(16,17)3)23(2)9-8-15(25)10-14(23)11-19(22)26/h13-14,16-18,20,22,27H,4-12H2,1-3H3,(H,28,29)/t13-,14+,16-,17+,18+,20-,22+,23+,24-/m1/s1. The summed E-state index contributed by atoms with van der Waals surface area (Å²) in [5.41, 5.74) is -0.343. The van der Waals surface area contributed by atoms with Crippen molar-refractivity contribution in [3.8, 4) is 0 Å². The zero-order valence-electron chi connectivity index (χ0n) is 18.0. The van der Waals surface area contributed by atoms with Crippen molar-refractivity contribution in [3.63, 3.8) is 0 Å². The van der Waals surface area contributed by atoms with Crippen molar-refractivity contribution >= 4 is 17.5 Å². The van der Waals surface area contributed by atoms with Gasteiger partial charge in [0.25, 0.3) is 0 Å². The Hall–Kier alpha value is -1.23. The fourth-order valence-corrected chi connectivity index (χ4v) is 8.21. The van der Waals surface area contributed by atoms with E-state index < -0.39 is 12.1 Å². The van der Waals surface area contributed by atoms with Crippen molar-refractivity contribution in [2.45, 2.75) is 84.7 Å². The second-order valence-electron chi connectivity index (χ2n) is 11.1. The summed E-state index contributed by atoms with van der Waals surface area (Å²) in [5.74, 6) is 0.793. The molecule has 4 aliphatic rings. The number of ketones is 2. The lowest BCUT2D eigenvalue weighted by molar-refractivity contribution is -0.178. The van der Waals surface area contributed by atoms with Crippen LogP contribution in [-0.4, -0.2) is 33.9 Å². The van der Waals surface area contributed by atoms with E-state index in [-0.39, 0.29) is 58.5 Å². The van der Waals surface area contributed by atoms with E-state index in [0.29, 0.717) is 37.9 Å². The smallest absolute Gasteiger partial charge is 0.303 e. The number of aliphatic hydroxyl groups excluding tert-OH is 1. The molecular formula is C24H36O5. The molecule has 0 unspecified atom stereocenters. The predicted octanol–water partition coefficient (Wildman–Crippen LogP) is 3.87. The van der Waals surface area contributed by atoms with Crippen LogP contribution in [0, 0.1) is 46.3 Å². The Kier molecular flexibility index (Phi) is 5.20. The zero-order valence-corrected chi connectivity index (χ0v) is 18.0. The van der Waals surface area contributed by atoms with Crippen molar-refractivity contribution in [1.82, 2.24) is 0 Å². The van der Waals surface area contributed by atoms with Gasteiger partial charge in [-0.25, -0.2) is 0 Å². The number of carboxylic acid groups (broad SMARTS) is 1. The number of rotatable bonds is 4. The Balaban J connectivity index is 1.62. The van der Waals surface area contributed by atoms with Gasteiger partial charge in [0, 0.05) is 37.0 Å². The molecule has 2 N–H and O–H groups in total. The van der Waals surface area contributed by atoms with E-state index in [0.717, 1.165) is 19.3 Å². The van der Waals surface area contributed by atoms with Crippen LogP contribution in [0.25, 0.3) is 0 Å². The first-order valence-corrected chi connectivity index (χ1v) is 11.5. The van der Waals surface area contributed by atoms with Gasteiger partial charge in [0.2, 0.25) is 0 Å². The van der Waals surface area contributed by atoms with Crippen LogP contribution in [0.5, 0.6) is 0 Å². The first-order chi connectivity index (χ1) is 13.6. The third-order valence-corrected chi connectivity index (χ3v) is 9.96. The highest BCUT2D eigenvalue weighted by atomic mass is 16.4. The lowest BCUT2D eigenvalue weighted by Gasteiger charge is -2.61. The molecule has 0 radical (unpaired) electrons. The Morgan fingerprint density at radius 1 is 1.17 bits per heavy atom. The molecule has 4 rings (SSSR count). The molecule has 5 heteroatoms. The van der Waals surface area contributed by atoms with Crippen molar-refractivity contribution in [3.05, 3.63) is 0 Å². The third-order valence-electron chi connectivity index (χ3n) is 9.96. The number of fused-ring (bicyclic) bond motifs is 5. The molecule has 5 nitrogen and oxygen atoms in total. The Labute approximate surface area is 173 Å². The summed E-state index contributed by atoms with van der Waals surface area (Å²) in [6.45, 7) is 6.55. The Morgan fingerprint density at radius 2 is 1.90 bits per heavy atom. The highest BCUT2D eigenvalue weighted by Crippen LogP contribution is 2.67. The van der Waals surface area contributed by atoms with Crippen LogP contribution >= 0.6 is 0 Å². The summed E-state index contributed by atoms with van der Waals surface area (Å²) >= 11 is 0. The van der Waals surface area contributed by atoms with E-state index in [4.69, 9.17) is 5.11 Å². The maximum Gasteiger partial charge on any atom is 0.303 e. The average molecular weight is 405 g/mol. The fourth-order valence-electron chi connectivity index (χ4n) is 8.21. The number of carboxylic acids is 1. The van der Waals surface area contributed by atoms with Gasteiger partial charge in [-0.2, -0.15) is 0 Å². The molecule has 9 atom stereocenters. The quantitative estimate of drug-likeness (QED) is 0.742. The minimum Gasteiger partial charge on any atom is -0.481 e. The number of carbonyl (C=O) groups is 3. The maximum atomic E-state index is 13.3. The van der Waals surface area contributed by atoms with Gasteiger partial charge in [-0.05, 0) is 67.1 Å². The monoisotopic (exact) mass is 404 g/mol. The molecule has 0 heterocycles. The first-order valence-electron chi connectivity index (χ1n) is 11.5. The number of aliphatic carboxylic acids is 1. The van der Waals surface area contributed by atoms with E-state index in [1.165, 1.54) is 0 Å². The second kappa shape index (κ2) is 7.18. The minimum atomic E-state index is -0.769. The largest absolute Gasteiger partial charge is 0.481 e. The number of hydrogen-bond acceptors (Lipinski definition) is 4. The summed E-state index contributed by atoms with van der Waals surface area (Å²) in [6, 6.07) is 0. The van der Waals surface area contributed by atoms with Gasteiger partial charge in [0.15, 0.2) is 0 Å². The van der Waals surface area contributed by atoms with Crippen LogP contribution in [0.2, 0.25) is 0 Å². The van der Waals surface area contributed by atoms with Crippen LogP contribution in [0.15, 0.2) is 0 Å². The molecule has 0 amide bonds. The lowest BCUT2D eigenvalue weighted by atomic mass is 9.43. The van der Waals surface area contributed by atoms with Gasteiger partial charge in [-0.1, -0.05) is 20.8 Å². The van der Waals surface area contributed by atoms with Gasteiger partial charge in [-0.15, -0.1) is 0 Å².